The fraction of sp³-hybridized carbons (Fsp3) is 0.611. The van der Waals surface area contributed by atoms with Crippen LogP contribution in [0.2, 0.25) is 0 Å². The van der Waals surface area contributed by atoms with Crippen LogP contribution in [0.4, 0.5) is 0 Å². The minimum atomic E-state index is -0.0459. The molecule has 22 heavy (non-hydrogen) atoms. The van der Waals surface area contributed by atoms with Gasteiger partial charge in [-0.25, -0.2) is 0 Å². The fourth-order valence-electron chi connectivity index (χ4n) is 3.39. The van der Waals surface area contributed by atoms with Gasteiger partial charge in [-0.2, -0.15) is 0 Å². The van der Waals surface area contributed by atoms with Crippen molar-refractivity contribution in [1.82, 2.24) is 10.2 Å². The van der Waals surface area contributed by atoms with E-state index in [1.54, 1.807) is 0 Å². The predicted octanol–water partition coefficient (Wildman–Crippen LogP) is 2.29. The maximum Gasteiger partial charge on any atom is 0.251 e. The van der Waals surface area contributed by atoms with E-state index in [0.29, 0.717) is 11.6 Å². The molecule has 0 bridgehead atoms. The normalized spacial score (nSPS) is 22.7. The number of benzene rings is 1. The minimum absolute atomic E-state index is 0.0204. The molecule has 1 heterocycles. The Balaban J connectivity index is 2.03. The molecule has 4 nitrogen and oxygen atoms in total. The molecule has 2 rings (SSSR count). The molecule has 1 aromatic rings. The number of nitrogens with zero attached hydrogens (tertiary/aromatic N) is 1. The van der Waals surface area contributed by atoms with E-state index in [2.05, 4.69) is 24.1 Å². The lowest BCUT2D eigenvalue weighted by molar-refractivity contribution is 0.0588. The lowest BCUT2D eigenvalue weighted by atomic mass is 9.90. The van der Waals surface area contributed by atoms with Gasteiger partial charge in [0.25, 0.3) is 5.91 Å². The number of piperidine rings is 1. The van der Waals surface area contributed by atoms with Crippen LogP contribution in [0, 0.1) is 5.92 Å². The molecule has 0 radical (unpaired) electrons. The fourth-order valence-corrected chi connectivity index (χ4v) is 3.39. The van der Waals surface area contributed by atoms with E-state index >= 15 is 0 Å². The van der Waals surface area contributed by atoms with Gasteiger partial charge in [0.15, 0.2) is 0 Å². The Kier molecular flexibility index (Phi) is 6.40. The molecule has 1 aromatic carbocycles. The summed E-state index contributed by atoms with van der Waals surface area (Å²) in [4.78, 5) is 14.8. The molecule has 1 amide bonds. The van der Waals surface area contributed by atoms with Crippen molar-refractivity contribution in [3.05, 3.63) is 35.9 Å². The van der Waals surface area contributed by atoms with Crippen LogP contribution in [0.15, 0.2) is 30.3 Å². The predicted molar refractivity (Wildman–Crippen MR) is 88.8 cm³/mol. The van der Waals surface area contributed by atoms with Gasteiger partial charge in [0, 0.05) is 36.7 Å². The number of carbonyl (C=O) groups excluding carboxylic acids is 1. The maximum atomic E-state index is 12.4. The van der Waals surface area contributed by atoms with Gasteiger partial charge in [-0.05, 0) is 37.9 Å². The highest BCUT2D eigenvalue weighted by Gasteiger charge is 2.32. The number of rotatable bonds is 6. The van der Waals surface area contributed by atoms with Crippen LogP contribution in [0.25, 0.3) is 0 Å². The maximum absolute atomic E-state index is 12.4. The Hall–Kier alpha value is -1.39. The first kappa shape index (κ1) is 17.0. The van der Waals surface area contributed by atoms with Crippen LogP contribution in [-0.4, -0.2) is 47.7 Å². The van der Waals surface area contributed by atoms with E-state index < -0.39 is 0 Å². The summed E-state index contributed by atoms with van der Waals surface area (Å²) in [6.07, 6.45) is 3.19. The summed E-state index contributed by atoms with van der Waals surface area (Å²) in [5.74, 6) is 0.105. The number of aliphatic hydroxyl groups excluding tert-OH is 1. The largest absolute Gasteiger partial charge is 0.396 e. The average Bonchev–Trinajstić information content (AvgIpc) is 2.57. The second-order valence-corrected chi connectivity index (χ2v) is 6.14. The molecular weight excluding hydrogens is 276 g/mol. The topological polar surface area (TPSA) is 52.6 Å². The number of carbonyl (C=O) groups is 1. The molecule has 1 fully saturated rings. The highest BCUT2D eigenvalue weighted by molar-refractivity contribution is 5.94. The summed E-state index contributed by atoms with van der Waals surface area (Å²) >= 11 is 0. The first-order chi connectivity index (χ1) is 10.7. The molecule has 1 saturated heterocycles. The number of likely N-dealkylation sites (tertiary alicyclic amines) is 1. The van der Waals surface area contributed by atoms with E-state index in [0.717, 1.165) is 32.4 Å². The molecule has 2 N–H and O–H groups in total. The van der Waals surface area contributed by atoms with Crippen molar-refractivity contribution in [2.45, 2.75) is 45.2 Å². The van der Waals surface area contributed by atoms with Gasteiger partial charge in [-0.15, -0.1) is 0 Å². The van der Waals surface area contributed by atoms with Gasteiger partial charge in [-0.1, -0.05) is 32.0 Å². The van der Waals surface area contributed by atoms with Crippen LogP contribution < -0.4 is 5.32 Å². The minimum Gasteiger partial charge on any atom is -0.396 e. The smallest absolute Gasteiger partial charge is 0.251 e. The van der Waals surface area contributed by atoms with Gasteiger partial charge in [0.1, 0.15) is 0 Å². The van der Waals surface area contributed by atoms with E-state index in [1.807, 2.05) is 30.3 Å². The molecule has 122 valence electrons. The standard InChI is InChI=1S/C18H28N2O2/c1-3-16(4-2)20-11-10-15(13-21)17(12-20)19-18(22)14-8-6-5-7-9-14/h5-9,15-17,21H,3-4,10-13H2,1-2H3,(H,19,22)/t15-,17-/m1/s1. The number of nitrogens with one attached hydrogen (secondary N) is 1. The van der Waals surface area contributed by atoms with Crippen molar-refractivity contribution in [3.63, 3.8) is 0 Å². The van der Waals surface area contributed by atoms with E-state index in [9.17, 15) is 9.90 Å². The molecule has 1 aliphatic heterocycles. The zero-order chi connectivity index (χ0) is 15.9. The molecule has 0 saturated carbocycles. The summed E-state index contributed by atoms with van der Waals surface area (Å²) in [6.45, 7) is 6.40. The molecule has 0 spiro atoms. The van der Waals surface area contributed by atoms with Crippen molar-refractivity contribution in [2.24, 2.45) is 5.92 Å². The van der Waals surface area contributed by atoms with Crippen LogP contribution >= 0.6 is 0 Å². The molecular formula is C18H28N2O2. The van der Waals surface area contributed by atoms with Crippen LogP contribution in [0.3, 0.4) is 0 Å². The Morgan fingerprint density at radius 3 is 2.59 bits per heavy atom. The quantitative estimate of drug-likeness (QED) is 0.848. The number of aliphatic hydroxyl groups is 1. The highest BCUT2D eigenvalue weighted by Crippen LogP contribution is 2.22. The Bertz CT molecular complexity index is 459. The van der Waals surface area contributed by atoms with Gasteiger partial charge < -0.3 is 10.4 Å². The first-order valence-corrected chi connectivity index (χ1v) is 8.40. The molecule has 4 heteroatoms. The Labute approximate surface area is 133 Å². The van der Waals surface area contributed by atoms with Crippen molar-refractivity contribution in [1.29, 1.82) is 0 Å². The SMILES string of the molecule is CCC(CC)N1CC[C@H](CO)[C@H](NC(=O)c2ccccc2)C1. The zero-order valence-electron chi connectivity index (χ0n) is 13.7. The summed E-state index contributed by atoms with van der Waals surface area (Å²) < 4.78 is 0. The van der Waals surface area contributed by atoms with Crippen molar-refractivity contribution >= 4 is 5.91 Å². The number of hydrogen-bond acceptors (Lipinski definition) is 3. The van der Waals surface area contributed by atoms with Crippen LogP contribution in [0.5, 0.6) is 0 Å². The molecule has 0 aromatic heterocycles. The number of amides is 1. The molecule has 2 atom stereocenters. The van der Waals surface area contributed by atoms with E-state index in [1.165, 1.54) is 0 Å². The third kappa shape index (κ3) is 4.08. The van der Waals surface area contributed by atoms with Gasteiger partial charge >= 0.3 is 0 Å². The van der Waals surface area contributed by atoms with E-state index in [-0.39, 0.29) is 24.5 Å². The molecule has 0 aliphatic carbocycles. The second kappa shape index (κ2) is 8.30. The summed E-state index contributed by atoms with van der Waals surface area (Å²) in [6, 6.07) is 9.88. The van der Waals surface area contributed by atoms with Crippen molar-refractivity contribution in [2.75, 3.05) is 19.7 Å². The number of hydrogen-bond donors (Lipinski definition) is 2. The summed E-state index contributed by atoms with van der Waals surface area (Å²) in [5, 5.41) is 12.7. The third-order valence-corrected chi connectivity index (χ3v) is 4.83. The average molecular weight is 304 g/mol. The van der Waals surface area contributed by atoms with Gasteiger partial charge in [0.05, 0.1) is 0 Å². The monoisotopic (exact) mass is 304 g/mol. The second-order valence-electron chi connectivity index (χ2n) is 6.14. The van der Waals surface area contributed by atoms with Gasteiger partial charge in [-0.3, -0.25) is 9.69 Å². The van der Waals surface area contributed by atoms with Crippen LogP contribution in [-0.2, 0) is 0 Å². The lowest BCUT2D eigenvalue weighted by Gasteiger charge is -2.41. The Morgan fingerprint density at radius 2 is 2.00 bits per heavy atom. The molecule has 1 aliphatic rings. The third-order valence-electron chi connectivity index (χ3n) is 4.83. The van der Waals surface area contributed by atoms with Crippen molar-refractivity contribution < 1.29 is 9.90 Å². The summed E-state index contributed by atoms with van der Waals surface area (Å²) in [7, 11) is 0. The summed E-state index contributed by atoms with van der Waals surface area (Å²) in [5.41, 5.74) is 0.679. The van der Waals surface area contributed by atoms with Crippen LogP contribution in [0.1, 0.15) is 43.5 Å². The highest BCUT2D eigenvalue weighted by atomic mass is 16.3. The Morgan fingerprint density at radius 1 is 1.32 bits per heavy atom. The van der Waals surface area contributed by atoms with Gasteiger partial charge in [0.2, 0.25) is 0 Å². The van der Waals surface area contributed by atoms with E-state index in [4.69, 9.17) is 0 Å². The van der Waals surface area contributed by atoms with Crippen molar-refractivity contribution in [3.8, 4) is 0 Å². The lowest BCUT2D eigenvalue weighted by Crippen LogP contribution is -2.55. The molecule has 0 unspecified atom stereocenters. The first-order valence-electron chi connectivity index (χ1n) is 8.40. The zero-order valence-corrected chi connectivity index (χ0v) is 13.7.